The molecule has 2 unspecified atom stereocenters. The lowest BCUT2D eigenvalue weighted by Crippen LogP contribution is -2.46. The fourth-order valence-electron chi connectivity index (χ4n) is 2.11. The zero-order valence-corrected chi connectivity index (χ0v) is 12.3. The molecule has 1 rings (SSSR count). The number of hydrogen-bond acceptors (Lipinski definition) is 4. The molecule has 5 nitrogen and oxygen atoms in total. The van der Waals surface area contributed by atoms with Crippen molar-refractivity contribution in [2.45, 2.75) is 45.4 Å². The van der Waals surface area contributed by atoms with Crippen LogP contribution in [0, 0.1) is 0 Å². The minimum atomic E-state index is -0.644. The lowest BCUT2D eigenvalue weighted by molar-refractivity contribution is -0.00566. The van der Waals surface area contributed by atoms with Crippen molar-refractivity contribution in [2.24, 2.45) is 0 Å². The third kappa shape index (κ3) is 2.37. The average Bonchev–Trinajstić information content (AvgIpc) is 2.79. The number of rotatable bonds is 6. The molecule has 0 saturated heterocycles. The molecule has 0 aliphatic heterocycles. The molecule has 0 spiro atoms. The summed E-state index contributed by atoms with van der Waals surface area (Å²) in [6, 6.07) is 0. The molecule has 0 saturated carbocycles. The number of nitrogens with zero attached hydrogens (tertiary/aromatic N) is 3. The predicted molar refractivity (Wildman–Crippen MR) is 71.8 cm³/mol. The molecule has 2 atom stereocenters. The zero-order chi connectivity index (χ0) is 13.9. The first-order valence-electron chi connectivity index (χ1n) is 6.37. The van der Waals surface area contributed by atoms with Crippen molar-refractivity contribution in [1.82, 2.24) is 14.7 Å². The van der Waals surface area contributed by atoms with Crippen LogP contribution >= 0.6 is 0 Å². The standard InChI is InChI=1S/C13H25N3O2/c1-7-13(3,15(4)5)12(17)11-10(18-6)9-14-16(11)8-2/h9,12,17H,7-8H2,1-6H3. The Hall–Kier alpha value is -1.07. The van der Waals surface area contributed by atoms with E-state index in [-0.39, 0.29) is 5.54 Å². The van der Waals surface area contributed by atoms with E-state index in [1.54, 1.807) is 18.0 Å². The Morgan fingerprint density at radius 2 is 2.11 bits per heavy atom. The monoisotopic (exact) mass is 255 g/mol. The Balaban J connectivity index is 3.23. The Labute approximate surface area is 109 Å². The summed E-state index contributed by atoms with van der Waals surface area (Å²) in [7, 11) is 5.56. The number of methoxy groups -OCH3 is 1. The molecule has 0 aliphatic carbocycles. The van der Waals surface area contributed by atoms with Crippen molar-refractivity contribution in [1.29, 1.82) is 0 Å². The summed E-state index contributed by atoms with van der Waals surface area (Å²) < 4.78 is 7.10. The van der Waals surface area contributed by atoms with Crippen LogP contribution in [0.5, 0.6) is 5.75 Å². The second kappa shape index (κ2) is 5.71. The number of aryl methyl sites for hydroxylation is 1. The lowest BCUT2D eigenvalue weighted by atomic mass is 9.88. The molecule has 18 heavy (non-hydrogen) atoms. The van der Waals surface area contributed by atoms with Crippen LogP contribution in [0.25, 0.3) is 0 Å². The molecule has 0 radical (unpaired) electrons. The molecule has 1 aromatic rings. The number of likely N-dealkylation sites (N-methyl/N-ethyl adjacent to an activating group) is 1. The smallest absolute Gasteiger partial charge is 0.162 e. The topological polar surface area (TPSA) is 50.5 Å². The molecular formula is C13H25N3O2. The van der Waals surface area contributed by atoms with Gasteiger partial charge in [0.2, 0.25) is 0 Å². The average molecular weight is 255 g/mol. The highest BCUT2D eigenvalue weighted by Gasteiger charge is 2.38. The minimum absolute atomic E-state index is 0.347. The molecule has 1 aromatic heterocycles. The fourth-order valence-corrected chi connectivity index (χ4v) is 2.11. The number of aliphatic hydroxyl groups is 1. The van der Waals surface area contributed by atoms with Crippen LogP contribution in [0.15, 0.2) is 6.20 Å². The summed E-state index contributed by atoms with van der Waals surface area (Å²) in [5, 5.41) is 15.0. The highest BCUT2D eigenvalue weighted by molar-refractivity contribution is 5.29. The number of hydrogen-bond donors (Lipinski definition) is 1. The van der Waals surface area contributed by atoms with Gasteiger partial charge in [-0.2, -0.15) is 5.10 Å². The van der Waals surface area contributed by atoms with Crippen LogP contribution in [0.2, 0.25) is 0 Å². The second-order valence-corrected chi connectivity index (χ2v) is 4.92. The molecule has 0 aliphatic rings. The van der Waals surface area contributed by atoms with E-state index in [2.05, 4.69) is 12.0 Å². The maximum absolute atomic E-state index is 10.7. The van der Waals surface area contributed by atoms with Gasteiger partial charge in [0, 0.05) is 12.1 Å². The van der Waals surface area contributed by atoms with Crippen molar-refractivity contribution >= 4 is 0 Å². The van der Waals surface area contributed by atoms with Crippen molar-refractivity contribution in [3.05, 3.63) is 11.9 Å². The number of aromatic nitrogens is 2. The van der Waals surface area contributed by atoms with Crippen molar-refractivity contribution in [2.75, 3.05) is 21.2 Å². The number of aliphatic hydroxyl groups excluding tert-OH is 1. The first-order valence-corrected chi connectivity index (χ1v) is 6.37. The van der Waals surface area contributed by atoms with E-state index >= 15 is 0 Å². The van der Waals surface area contributed by atoms with Gasteiger partial charge in [0.15, 0.2) is 5.75 Å². The van der Waals surface area contributed by atoms with Crippen molar-refractivity contribution < 1.29 is 9.84 Å². The molecular weight excluding hydrogens is 230 g/mol. The van der Waals surface area contributed by atoms with E-state index < -0.39 is 6.10 Å². The van der Waals surface area contributed by atoms with Gasteiger partial charge in [-0.3, -0.25) is 4.68 Å². The summed E-state index contributed by atoms with van der Waals surface area (Å²) in [6.07, 6.45) is 1.85. The van der Waals surface area contributed by atoms with Gasteiger partial charge in [-0.15, -0.1) is 0 Å². The summed E-state index contributed by atoms with van der Waals surface area (Å²) in [5.74, 6) is 0.644. The van der Waals surface area contributed by atoms with Crippen LogP contribution in [0.3, 0.4) is 0 Å². The van der Waals surface area contributed by atoms with Gasteiger partial charge in [-0.25, -0.2) is 0 Å². The molecule has 0 bridgehead atoms. The quantitative estimate of drug-likeness (QED) is 0.840. The van der Waals surface area contributed by atoms with Gasteiger partial charge in [-0.1, -0.05) is 6.92 Å². The largest absolute Gasteiger partial charge is 0.493 e. The first kappa shape index (κ1) is 15.0. The predicted octanol–water partition coefficient (Wildman–Crippen LogP) is 1.68. The Morgan fingerprint density at radius 3 is 2.50 bits per heavy atom. The lowest BCUT2D eigenvalue weighted by Gasteiger charge is -2.40. The normalized spacial score (nSPS) is 16.7. The molecule has 1 heterocycles. The molecule has 0 amide bonds. The van der Waals surface area contributed by atoms with Crippen LogP contribution in [0.1, 0.15) is 39.0 Å². The van der Waals surface area contributed by atoms with Crippen LogP contribution in [0.4, 0.5) is 0 Å². The number of ether oxygens (including phenoxy) is 1. The summed E-state index contributed by atoms with van der Waals surface area (Å²) >= 11 is 0. The molecule has 1 N–H and O–H groups in total. The Morgan fingerprint density at radius 1 is 1.50 bits per heavy atom. The highest BCUT2D eigenvalue weighted by Crippen LogP contribution is 2.36. The van der Waals surface area contributed by atoms with Crippen LogP contribution in [-0.4, -0.2) is 46.5 Å². The van der Waals surface area contributed by atoms with Gasteiger partial charge in [0.05, 0.1) is 13.3 Å². The molecule has 5 heteroatoms. The van der Waals surface area contributed by atoms with Crippen LogP contribution < -0.4 is 4.74 Å². The van der Waals surface area contributed by atoms with Crippen molar-refractivity contribution in [3.8, 4) is 5.75 Å². The van der Waals surface area contributed by atoms with Gasteiger partial charge >= 0.3 is 0 Å². The summed E-state index contributed by atoms with van der Waals surface area (Å²) in [5.41, 5.74) is 0.401. The Kier molecular flexibility index (Phi) is 4.76. The van der Waals surface area contributed by atoms with Gasteiger partial charge in [-0.05, 0) is 34.4 Å². The molecule has 104 valence electrons. The summed E-state index contributed by atoms with van der Waals surface area (Å²) in [6.45, 7) is 6.83. The first-order chi connectivity index (χ1) is 8.42. The maximum atomic E-state index is 10.7. The van der Waals surface area contributed by atoms with E-state index in [1.807, 2.05) is 32.8 Å². The fraction of sp³-hybridized carbons (Fsp3) is 0.769. The van der Waals surface area contributed by atoms with E-state index in [0.717, 1.165) is 12.1 Å². The van der Waals surface area contributed by atoms with Gasteiger partial charge in [0.25, 0.3) is 0 Å². The van der Waals surface area contributed by atoms with Gasteiger partial charge < -0.3 is 14.7 Å². The van der Waals surface area contributed by atoms with E-state index in [9.17, 15) is 5.11 Å². The van der Waals surface area contributed by atoms with Gasteiger partial charge in [0.1, 0.15) is 11.8 Å². The third-order valence-corrected chi connectivity index (χ3v) is 3.95. The van der Waals surface area contributed by atoms with E-state index in [0.29, 0.717) is 12.3 Å². The van der Waals surface area contributed by atoms with E-state index in [4.69, 9.17) is 4.74 Å². The molecule has 0 fully saturated rings. The maximum Gasteiger partial charge on any atom is 0.162 e. The van der Waals surface area contributed by atoms with Crippen LogP contribution in [-0.2, 0) is 6.54 Å². The SMILES string of the molecule is CCn1ncc(OC)c1C(O)C(C)(CC)N(C)C. The Bertz CT molecular complexity index is 368. The van der Waals surface area contributed by atoms with Crippen molar-refractivity contribution in [3.63, 3.8) is 0 Å². The highest BCUT2D eigenvalue weighted by atomic mass is 16.5. The molecule has 0 aromatic carbocycles. The third-order valence-electron chi connectivity index (χ3n) is 3.95. The minimum Gasteiger partial charge on any atom is -0.493 e. The zero-order valence-electron chi connectivity index (χ0n) is 12.3. The second-order valence-electron chi connectivity index (χ2n) is 4.92. The summed E-state index contributed by atoms with van der Waals surface area (Å²) in [4.78, 5) is 2.05. The van der Waals surface area contributed by atoms with E-state index in [1.165, 1.54) is 0 Å².